The average Bonchev–Trinajstić information content (AvgIpc) is 2.62. The maximum atomic E-state index is 5.45. The van der Waals surface area contributed by atoms with E-state index in [2.05, 4.69) is 15.9 Å². The Bertz CT molecular complexity index is 133. The lowest BCUT2D eigenvalue weighted by atomic mass is 9.84. The third-order valence-corrected chi connectivity index (χ3v) is 3.96. The Morgan fingerprint density at radius 1 is 1.46 bits per heavy atom. The lowest BCUT2D eigenvalue weighted by Crippen LogP contribution is -2.22. The van der Waals surface area contributed by atoms with Gasteiger partial charge in [0, 0.05) is 31.1 Å². The highest BCUT2D eigenvalue weighted by atomic mass is 79.9. The van der Waals surface area contributed by atoms with Gasteiger partial charge in [-0.05, 0) is 19.3 Å². The predicted octanol–water partition coefficient (Wildman–Crippen LogP) is 2.60. The van der Waals surface area contributed by atoms with Crippen molar-refractivity contribution in [3.63, 3.8) is 0 Å². The van der Waals surface area contributed by atoms with Gasteiger partial charge in [-0.25, -0.2) is 0 Å². The van der Waals surface area contributed by atoms with Crippen LogP contribution in [0.5, 0.6) is 0 Å². The van der Waals surface area contributed by atoms with Gasteiger partial charge in [0.25, 0.3) is 0 Å². The summed E-state index contributed by atoms with van der Waals surface area (Å²) >= 11 is 3.59. The van der Waals surface area contributed by atoms with Crippen LogP contribution in [0.4, 0.5) is 0 Å². The molecule has 1 aliphatic rings. The second-order valence-corrected chi connectivity index (χ2v) is 4.45. The van der Waals surface area contributed by atoms with Gasteiger partial charge >= 0.3 is 0 Å². The topological polar surface area (TPSA) is 18.5 Å². The van der Waals surface area contributed by atoms with Crippen LogP contribution in [0, 0.1) is 5.41 Å². The largest absolute Gasteiger partial charge is 0.385 e. The molecule has 0 saturated carbocycles. The number of hydrogen-bond donors (Lipinski definition) is 0. The summed E-state index contributed by atoms with van der Waals surface area (Å²) in [4.78, 5) is 0. The lowest BCUT2D eigenvalue weighted by Gasteiger charge is -2.24. The van der Waals surface area contributed by atoms with Crippen molar-refractivity contribution in [2.24, 2.45) is 5.41 Å². The highest BCUT2D eigenvalue weighted by Gasteiger charge is 2.32. The number of alkyl halides is 1. The molecule has 0 spiro atoms. The van der Waals surface area contributed by atoms with Crippen LogP contribution in [0.25, 0.3) is 0 Å². The maximum absolute atomic E-state index is 5.45. The fourth-order valence-electron chi connectivity index (χ4n) is 1.77. The molecule has 78 valence electrons. The Labute approximate surface area is 89.1 Å². The van der Waals surface area contributed by atoms with E-state index in [9.17, 15) is 0 Å². The van der Waals surface area contributed by atoms with Gasteiger partial charge in [0.05, 0.1) is 6.61 Å². The average molecular weight is 251 g/mol. The van der Waals surface area contributed by atoms with E-state index in [1.165, 1.54) is 25.7 Å². The minimum absolute atomic E-state index is 0.424. The number of unbranched alkanes of at least 4 members (excludes halogenated alkanes) is 1. The number of rotatable bonds is 6. The molecule has 1 aliphatic heterocycles. The Hall–Kier alpha value is 0.400. The predicted molar refractivity (Wildman–Crippen MR) is 57.4 cm³/mol. The van der Waals surface area contributed by atoms with Crippen molar-refractivity contribution in [3.8, 4) is 0 Å². The van der Waals surface area contributed by atoms with Gasteiger partial charge < -0.3 is 9.47 Å². The Balaban J connectivity index is 2.16. The van der Waals surface area contributed by atoms with Gasteiger partial charge in [0.15, 0.2) is 0 Å². The van der Waals surface area contributed by atoms with E-state index in [-0.39, 0.29) is 0 Å². The van der Waals surface area contributed by atoms with Crippen LogP contribution in [0.2, 0.25) is 0 Å². The molecule has 1 heterocycles. The third kappa shape index (κ3) is 3.56. The van der Waals surface area contributed by atoms with Crippen LogP contribution >= 0.6 is 15.9 Å². The second kappa shape index (κ2) is 5.99. The highest BCUT2D eigenvalue weighted by molar-refractivity contribution is 9.09. The number of hydrogen-bond acceptors (Lipinski definition) is 2. The van der Waals surface area contributed by atoms with Gasteiger partial charge in [0.1, 0.15) is 0 Å². The summed E-state index contributed by atoms with van der Waals surface area (Å²) in [5, 5.41) is 1.08. The van der Waals surface area contributed by atoms with Crippen molar-refractivity contribution in [3.05, 3.63) is 0 Å². The first-order chi connectivity index (χ1) is 6.33. The minimum atomic E-state index is 0.424. The van der Waals surface area contributed by atoms with E-state index in [0.717, 1.165) is 25.2 Å². The molecule has 0 aromatic carbocycles. The summed E-state index contributed by atoms with van der Waals surface area (Å²) in [6, 6.07) is 0. The van der Waals surface area contributed by atoms with E-state index in [1.54, 1.807) is 7.11 Å². The molecule has 0 N–H and O–H groups in total. The molecule has 0 amide bonds. The summed E-state index contributed by atoms with van der Waals surface area (Å²) in [6.07, 6.45) is 4.90. The van der Waals surface area contributed by atoms with Gasteiger partial charge in [-0.1, -0.05) is 22.4 Å². The van der Waals surface area contributed by atoms with Crippen LogP contribution in [0.15, 0.2) is 0 Å². The Morgan fingerprint density at radius 3 is 2.85 bits per heavy atom. The first-order valence-corrected chi connectivity index (χ1v) is 6.08. The zero-order chi connectivity index (χ0) is 9.57. The number of methoxy groups -OCH3 is 1. The van der Waals surface area contributed by atoms with E-state index < -0.39 is 0 Å². The first kappa shape index (κ1) is 11.5. The molecule has 0 aromatic heterocycles. The SMILES string of the molecule is COCCCCC1(CBr)CCOC1. The van der Waals surface area contributed by atoms with Crippen LogP contribution in [0.1, 0.15) is 25.7 Å². The molecule has 1 rings (SSSR count). The van der Waals surface area contributed by atoms with Gasteiger partial charge in [-0.2, -0.15) is 0 Å². The fraction of sp³-hybridized carbons (Fsp3) is 1.00. The molecule has 13 heavy (non-hydrogen) atoms. The van der Waals surface area contributed by atoms with Crippen molar-refractivity contribution in [2.45, 2.75) is 25.7 Å². The summed E-state index contributed by atoms with van der Waals surface area (Å²) in [7, 11) is 1.76. The van der Waals surface area contributed by atoms with Crippen molar-refractivity contribution >= 4 is 15.9 Å². The van der Waals surface area contributed by atoms with E-state index >= 15 is 0 Å². The monoisotopic (exact) mass is 250 g/mol. The van der Waals surface area contributed by atoms with E-state index in [4.69, 9.17) is 9.47 Å². The smallest absolute Gasteiger partial charge is 0.0531 e. The summed E-state index contributed by atoms with van der Waals surface area (Å²) in [5.74, 6) is 0. The Kier molecular flexibility index (Phi) is 5.29. The summed E-state index contributed by atoms with van der Waals surface area (Å²) in [6.45, 7) is 2.76. The molecule has 0 aromatic rings. The van der Waals surface area contributed by atoms with Crippen LogP contribution in [-0.2, 0) is 9.47 Å². The second-order valence-electron chi connectivity index (χ2n) is 3.89. The van der Waals surface area contributed by atoms with Crippen LogP contribution in [0.3, 0.4) is 0 Å². The summed E-state index contributed by atoms with van der Waals surface area (Å²) < 4.78 is 10.5. The van der Waals surface area contributed by atoms with Gasteiger partial charge in [0.2, 0.25) is 0 Å². The third-order valence-electron chi connectivity index (χ3n) is 2.77. The quantitative estimate of drug-likeness (QED) is 0.533. The van der Waals surface area contributed by atoms with Crippen LogP contribution in [-0.4, -0.2) is 32.3 Å². The van der Waals surface area contributed by atoms with Crippen molar-refractivity contribution in [1.82, 2.24) is 0 Å². The normalized spacial score (nSPS) is 28.2. The molecule has 0 radical (unpaired) electrons. The van der Waals surface area contributed by atoms with Crippen molar-refractivity contribution in [1.29, 1.82) is 0 Å². The van der Waals surface area contributed by atoms with E-state index in [1.807, 2.05) is 0 Å². The van der Waals surface area contributed by atoms with Crippen LogP contribution < -0.4 is 0 Å². The first-order valence-electron chi connectivity index (χ1n) is 4.96. The van der Waals surface area contributed by atoms with Gasteiger partial charge in [-0.15, -0.1) is 0 Å². The highest BCUT2D eigenvalue weighted by Crippen LogP contribution is 2.35. The van der Waals surface area contributed by atoms with E-state index in [0.29, 0.717) is 5.41 Å². The Morgan fingerprint density at radius 2 is 2.31 bits per heavy atom. The summed E-state index contributed by atoms with van der Waals surface area (Å²) in [5.41, 5.74) is 0.424. The lowest BCUT2D eigenvalue weighted by molar-refractivity contribution is 0.150. The standard InChI is InChI=1S/C10H19BrO2/c1-12-6-3-2-4-10(8-11)5-7-13-9-10/h2-9H2,1H3. The molecule has 1 saturated heterocycles. The molecule has 0 aliphatic carbocycles. The molecule has 1 unspecified atom stereocenters. The fourth-order valence-corrected chi connectivity index (χ4v) is 2.49. The molecule has 3 heteroatoms. The minimum Gasteiger partial charge on any atom is -0.385 e. The van der Waals surface area contributed by atoms with Crippen molar-refractivity contribution in [2.75, 3.05) is 32.3 Å². The molecule has 2 nitrogen and oxygen atoms in total. The van der Waals surface area contributed by atoms with Crippen molar-refractivity contribution < 1.29 is 9.47 Å². The molecular weight excluding hydrogens is 232 g/mol. The molecule has 1 atom stereocenters. The molecular formula is C10H19BrO2. The number of ether oxygens (including phenoxy) is 2. The zero-order valence-electron chi connectivity index (χ0n) is 8.35. The van der Waals surface area contributed by atoms with Gasteiger partial charge in [-0.3, -0.25) is 0 Å². The molecule has 1 fully saturated rings. The zero-order valence-corrected chi connectivity index (χ0v) is 9.94. The maximum Gasteiger partial charge on any atom is 0.0531 e. The number of halogens is 1. The molecule has 0 bridgehead atoms.